The molecular weight excluding hydrogens is 212 g/mol. The minimum atomic E-state index is 0.376. The van der Waals surface area contributed by atoms with Gasteiger partial charge in [-0.25, -0.2) is 4.98 Å². The topological polar surface area (TPSA) is 54.5 Å². The quantitative estimate of drug-likeness (QED) is 0.632. The third kappa shape index (κ3) is 1.45. The van der Waals surface area contributed by atoms with Gasteiger partial charge in [0.05, 0.1) is 11.2 Å². The Bertz CT molecular complexity index is 716. The molecule has 1 aromatic carbocycles. The zero-order chi connectivity index (χ0) is 11.7. The lowest BCUT2D eigenvalue weighted by Gasteiger charge is -2.07. The summed E-state index contributed by atoms with van der Waals surface area (Å²) in [5.41, 5.74) is 1.83. The number of fused-ring (bicyclic) bond motifs is 1. The van der Waals surface area contributed by atoms with Crippen molar-refractivity contribution in [2.24, 2.45) is 0 Å². The monoisotopic (exact) mass is 220 g/mol. The van der Waals surface area contributed by atoms with Crippen LogP contribution in [0.5, 0.6) is 0 Å². The van der Waals surface area contributed by atoms with Crippen LogP contribution in [-0.2, 0) is 0 Å². The van der Waals surface area contributed by atoms with Crippen LogP contribution in [0.25, 0.3) is 16.6 Å². The zero-order valence-corrected chi connectivity index (χ0v) is 8.91. The van der Waals surface area contributed by atoms with Crippen LogP contribution in [0.4, 0.5) is 0 Å². The van der Waals surface area contributed by atoms with Gasteiger partial charge in [0.15, 0.2) is 0 Å². The highest BCUT2D eigenvalue weighted by atomic mass is 15.1. The summed E-state index contributed by atoms with van der Waals surface area (Å²) in [6.07, 6.45) is 5.13. The number of hydrogen-bond donors (Lipinski definition) is 0. The molecule has 3 aromatic rings. The van der Waals surface area contributed by atoms with Crippen LogP contribution in [-0.4, -0.2) is 14.5 Å². The molecule has 0 spiro atoms. The van der Waals surface area contributed by atoms with E-state index >= 15 is 0 Å². The highest BCUT2D eigenvalue weighted by Crippen LogP contribution is 2.20. The van der Waals surface area contributed by atoms with E-state index in [0.717, 1.165) is 16.6 Å². The molecular formula is C13H8N4. The van der Waals surface area contributed by atoms with E-state index in [1.807, 2.05) is 30.3 Å². The van der Waals surface area contributed by atoms with E-state index in [2.05, 4.69) is 16.0 Å². The fourth-order valence-electron chi connectivity index (χ4n) is 1.87. The van der Waals surface area contributed by atoms with E-state index in [1.54, 1.807) is 23.2 Å². The molecule has 0 aliphatic heterocycles. The number of pyridine rings is 1. The maximum absolute atomic E-state index is 8.99. The Morgan fingerprint density at radius 2 is 1.94 bits per heavy atom. The van der Waals surface area contributed by atoms with E-state index in [0.29, 0.717) is 5.82 Å². The maximum Gasteiger partial charge on any atom is 0.217 e. The first-order valence-corrected chi connectivity index (χ1v) is 5.18. The molecule has 0 fully saturated rings. The third-order valence-corrected chi connectivity index (χ3v) is 2.63. The Kier molecular flexibility index (Phi) is 2.09. The molecule has 0 amide bonds. The molecule has 0 unspecified atom stereocenters. The molecule has 2 heterocycles. The van der Waals surface area contributed by atoms with Crippen molar-refractivity contribution in [3.63, 3.8) is 0 Å². The summed E-state index contributed by atoms with van der Waals surface area (Å²) in [5, 5.41) is 10.00. The van der Waals surface area contributed by atoms with E-state index in [-0.39, 0.29) is 0 Å². The number of hydrogen-bond acceptors (Lipinski definition) is 3. The molecule has 0 saturated heterocycles. The second kappa shape index (κ2) is 3.72. The number of para-hydroxylation sites is 1. The van der Waals surface area contributed by atoms with Crippen molar-refractivity contribution >= 4 is 10.9 Å². The third-order valence-electron chi connectivity index (χ3n) is 2.63. The van der Waals surface area contributed by atoms with Crippen molar-refractivity contribution in [3.8, 4) is 11.8 Å². The highest BCUT2D eigenvalue weighted by Gasteiger charge is 2.07. The lowest BCUT2D eigenvalue weighted by atomic mass is 10.2. The van der Waals surface area contributed by atoms with Gasteiger partial charge < -0.3 is 0 Å². The second-order valence-corrected chi connectivity index (χ2v) is 3.58. The number of benzene rings is 1. The van der Waals surface area contributed by atoms with Crippen LogP contribution >= 0.6 is 0 Å². The smallest absolute Gasteiger partial charge is 0.217 e. The number of imidazole rings is 1. The van der Waals surface area contributed by atoms with Gasteiger partial charge in [-0.05, 0) is 12.1 Å². The maximum atomic E-state index is 8.99. The summed E-state index contributed by atoms with van der Waals surface area (Å²) in [6.45, 7) is 0. The van der Waals surface area contributed by atoms with Crippen molar-refractivity contribution in [1.29, 1.82) is 5.26 Å². The molecule has 0 bridgehead atoms. The first-order chi connectivity index (χ1) is 8.40. The molecule has 80 valence electrons. The van der Waals surface area contributed by atoms with Gasteiger partial charge in [-0.1, -0.05) is 18.2 Å². The van der Waals surface area contributed by atoms with Gasteiger partial charge in [-0.2, -0.15) is 5.26 Å². The lowest BCUT2D eigenvalue weighted by molar-refractivity contribution is 1.03. The predicted octanol–water partition coefficient (Wildman–Crippen LogP) is 2.29. The average Bonchev–Trinajstić information content (AvgIpc) is 2.86. The van der Waals surface area contributed by atoms with Crippen LogP contribution in [0.2, 0.25) is 0 Å². The molecule has 0 saturated carbocycles. The number of nitrogens with zero attached hydrogens (tertiary/aromatic N) is 4. The van der Waals surface area contributed by atoms with Gasteiger partial charge in [0.1, 0.15) is 6.07 Å². The fourth-order valence-corrected chi connectivity index (χ4v) is 1.87. The number of nitriles is 1. The highest BCUT2D eigenvalue weighted by molar-refractivity contribution is 5.86. The predicted molar refractivity (Wildman–Crippen MR) is 63.6 cm³/mol. The van der Waals surface area contributed by atoms with Gasteiger partial charge in [0, 0.05) is 24.0 Å². The Hall–Kier alpha value is -2.67. The Morgan fingerprint density at radius 3 is 2.82 bits per heavy atom. The standard InChI is InChI=1S/C13H8N4/c14-9-13-16-7-8-17(13)12-5-6-15-11-4-2-1-3-10(11)12/h1-8H. The molecule has 17 heavy (non-hydrogen) atoms. The number of aromatic nitrogens is 3. The van der Waals surface area contributed by atoms with Gasteiger partial charge in [0.25, 0.3) is 0 Å². The van der Waals surface area contributed by atoms with Crippen molar-refractivity contribution < 1.29 is 0 Å². The average molecular weight is 220 g/mol. The van der Waals surface area contributed by atoms with Crippen LogP contribution in [0.15, 0.2) is 48.9 Å². The summed E-state index contributed by atoms with van der Waals surface area (Å²) in [7, 11) is 0. The molecule has 0 N–H and O–H groups in total. The Balaban J connectivity index is 2.35. The van der Waals surface area contributed by atoms with Crippen LogP contribution in [0.1, 0.15) is 5.82 Å². The summed E-state index contributed by atoms with van der Waals surface area (Å²) in [6, 6.07) is 11.8. The summed E-state index contributed by atoms with van der Waals surface area (Å²) < 4.78 is 1.77. The van der Waals surface area contributed by atoms with Gasteiger partial charge >= 0.3 is 0 Å². The van der Waals surface area contributed by atoms with E-state index < -0.39 is 0 Å². The van der Waals surface area contributed by atoms with E-state index in [9.17, 15) is 0 Å². The Labute approximate surface area is 97.8 Å². The van der Waals surface area contributed by atoms with Crippen LogP contribution in [0.3, 0.4) is 0 Å². The molecule has 0 radical (unpaired) electrons. The molecule has 0 aliphatic carbocycles. The molecule has 4 heteroatoms. The normalized spacial score (nSPS) is 10.3. The molecule has 3 rings (SSSR count). The summed E-state index contributed by atoms with van der Waals surface area (Å²) >= 11 is 0. The van der Waals surface area contributed by atoms with Crippen molar-refractivity contribution in [1.82, 2.24) is 14.5 Å². The first kappa shape index (κ1) is 9.55. The van der Waals surface area contributed by atoms with Crippen LogP contribution in [0, 0.1) is 11.3 Å². The minimum Gasteiger partial charge on any atom is -0.291 e. The zero-order valence-electron chi connectivity index (χ0n) is 8.91. The van der Waals surface area contributed by atoms with Crippen LogP contribution < -0.4 is 0 Å². The number of rotatable bonds is 1. The minimum absolute atomic E-state index is 0.376. The fraction of sp³-hybridized carbons (Fsp3) is 0. The van der Waals surface area contributed by atoms with Gasteiger partial charge in [-0.15, -0.1) is 0 Å². The van der Waals surface area contributed by atoms with Crippen molar-refractivity contribution in [2.75, 3.05) is 0 Å². The van der Waals surface area contributed by atoms with Gasteiger partial charge in [0.2, 0.25) is 5.82 Å². The van der Waals surface area contributed by atoms with Crippen molar-refractivity contribution in [2.45, 2.75) is 0 Å². The second-order valence-electron chi connectivity index (χ2n) is 3.58. The summed E-state index contributed by atoms with van der Waals surface area (Å²) in [5.74, 6) is 0.376. The molecule has 4 nitrogen and oxygen atoms in total. The largest absolute Gasteiger partial charge is 0.291 e. The van der Waals surface area contributed by atoms with E-state index in [1.165, 1.54) is 0 Å². The molecule has 0 atom stereocenters. The lowest BCUT2D eigenvalue weighted by Crippen LogP contribution is -1.98. The van der Waals surface area contributed by atoms with E-state index in [4.69, 9.17) is 5.26 Å². The first-order valence-electron chi connectivity index (χ1n) is 5.18. The molecule has 0 aliphatic rings. The van der Waals surface area contributed by atoms with Crippen molar-refractivity contribution in [3.05, 3.63) is 54.7 Å². The SMILES string of the molecule is N#Cc1nccn1-c1ccnc2ccccc12. The Morgan fingerprint density at radius 1 is 1.06 bits per heavy atom. The van der Waals surface area contributed by atoms with Gasteiger partial charge in [-0.3, -0.25) is 9.55 Å². The molecule has 2 aromatic heterocycles. The summed E-state index contributed by atoms with van der Waals surface area (Å²) in [4.78, 5) is 8.29.